The molecular formula is C23H34N2O2. The van der Waals surface area contributed by atoms with Crippen LogP contribution in [0.3, 0.4) is 0 Å². The lowest BCUT2D eigenvalue weighted by molar-refractivity contribution is -0.147. The van der Waals surface area contributed by atoms with Gasteiger partial charge in [0.1, 0.15) is 5.75 Å². The normalized spacial score (nSPS) is 33.9. The Bertz CT molecular complexity index is 689. The van der Waals surface area contributed by atoms with Crippen molar-refractivity contribution in [3.05, 3.63) is 29.8 Å². The smallest absolute Gasteiger partial charge is 0.229 e. The van der Waals surface area contributed by atoms with Crippen molar-refractivity contribution in [2.75, 3.05) is 20.2 Å². The molecule has 148 valence electrons. The highest BCUT2D eigenvalue weighted by Gasteiger charge is 2.56. The molecule has 4 nitrogen and oxygen atoms in total. The zero-order valence-corrected chi connectivity index (χ0v) is 16.8. The number of nitrogens with zero attached hydrogens (tertiary/aromatic N) is 1. The Morgan fingerprint density at radius 3 is 2.89 bits per heavy atom. The summed E-state index contributed by atoms with van der Waals surface area (Å²) in [5.74, 6) is 3.00. The molecule has 2 aliphatic carbocycles. The number of fused-ring (bicyclic) bond motifs is 2. The van der Waals surface area contributed by atoms with Crippen LogP contribution in [0.2, 0.25) is 0 Å². The van der Waals surface area contributed by atoms with Gasteiger partial charge < -0.3 is 15.4 Å². The Hall–Kier alpha value is -1.55. The van der Waals surface area contributed by atoms with E-state index in [1.54, 1.807) is 7.11 Å². The number of hydrogen-bond acceptors (Lipinski definition) is 3. The minimum absolute atomic E-state index is 0.162. The first kappa shape index (κ1) is 18.8. The Balaban J connectivity index is 1.60. The van der Waals surface area contributed by atoms with E-state index in [1.807, 2.05) is 12.1 Å². The molecule has 3 aliphatic rings. The van der Waals surface area contributed by atoms with E-state index in [0.717, 1.165) is 50.4 Å². The number of carbonyl (C=O) groups excluding carboxylic acids is 1. The van der Waals surface area contributed by atoms with Crippen molar-refractivity contribution in [2.24, 2.45) is 28.9 Å². The van der Waals surface area contributed by atoms with Gasteiger partial charge in [-0.25, -0.2) is 0 Å². The van der Waals surface area contributed by atoms with E-state index in [-0.39, 0.29) is 11.5 Å². The summed E-state index contributed by atoms with van der Waals surface area (Å²) in [4.78, 5) is 16.1. The first-order chi connectivity index (χ1) is 13.0. The lowest BCUT2D eigenvalue weighted by Crippen LogP contribution is -2.53. The second-order valence-electron chi connectivity index (χ2n) is 9.28. The fourth-order valence-corrected chi connectivity index (χ4v) is 6.08. The van der Waals surface area contributed by atoms with Gasteiger partial charge in [-0.15, -0.1) is 0 Å². The van der Waals surface area contributed by atoms with Crippen molar-refractivity contribution in [1.29, 1.82) is 0 Å². The van der Waals surface area contributed by atoms with Gasteiger partial charge in [0.25, 0.3) is 0 Å². The molecule has 2 saturated carbocycles. The molecule has 1 heterocycles. The number of hydrogen-bond donors (Lipinski definition) is 1. The molecule has 0 aromatic heterocycles. The maximum atomic E-state index is 13.9. The summed E-state index contributed by atoms with van der Waals surface area (Å²) in [5, 5.41) is 0. The molecule has 3 fully saturated rings. The van der Waals surface area contributed by atoms with Crippen LogP contribution in [0.5, 0.6) is 5.75 Å². The van der Waals surface area contributed by atoms with E-state index >= 15 is 0 Å². The van der Waals surface area contributed by atoms with Crippen LogP contribution in [-0.4, -0.2) is 37.0 Å². The third-order valence-corrected chi connectivity index (χ3v) is 7.54. The number of carbonyl (C=O) groups is 1. The largest absolute Gasteiger partial charge is 0.497 e. The molecule has 1 amide bonds. The molecule has 1 aliphatic heterocycles. The molecular weight excluding hydrogens is 336 g/mol. The summed E-state index contributed by atoms with van der Waals surface area (Å²) >= 11 is 0. The third kappa shape index (κ3) is 3.49. The lowest BCUT2D eigenvalue weighted by Gasteiger charge is -2.43. The number of benzene rings is 1. The van der Waals surface area contributed by atoms with Crippen LogP contribution in [0, 0.1) is 23.2 Å². The Kier molecular flexibility index (Phi) is 5.19. The van der Waals surface area contributed by atoms with Crippen LogP contribution in [0.25, 0.3) is 0 Å². The van der Waals surface area contributed by atoms with Crippen LogP contribution in [0.4, 0.5) is 0 Å². The zero-order valence-electron chi connectivity index (χ0n) is 16.8. The number of nitrogens with two attached hydrogens (primary N) is 1. The van der Waals surface area contributed by atoms with Gasteiger partial charge in [-0.2, -0.15) is 0 Å². The Morgan fingerprint density at radius 2 is 2.22 bits per heavy atom. The second-order valence-corrected chi connectivity index (χ2v) is 9.28. The number of piperidine rings is 1. The van der Waals surface area contributed by atoms with E-state index in [1.165, 1.54) is 24.8 Å². The Labute approximate surface area is 163 Å². The van der Waals surface area contributed by atoms with Crippen molar-refractivity contribution in [3.63, 3.8) is 0 Å². The topological polar surface area (TPSA) is 55.6 Å². The molecule has 5 atom stereocenters. The maximum Gasteiger partial charge on any atom is 0.229 e. The van der Waals surface area contributed by atoms with Crippen molar-refractivity contribution in [1.82, 2.24) is 4.90 Å². The highest BCUT2D eigenvalue weighted by molar-refractivity contribution is 5.84. The zero-order chi connectivity index (χ0) is 19.0. The molecule has 27 heavy (non-hydrogen) atoms. The number of ether oxygens (including phenoxy) is 1. The molecule has 1 aromatic rings. The number of likely N-dealkylation sites (tertiary alicyclic amines) is 1. The second kappa shape index (κ2) is 7.46. The van der Waals surface area contributed by atoms with E-state index < -0.39 is 0 Å². The summed E-state index contributed by atoms with van der Waals surface area (Å²) in [6.45, 7) is 3.83. The van der Waals surface area contributed by atoms with Crippen LogP contribution >= 0.6 is 0 Å². The highest BCUT2D eigenvalue weighted by Crippen LogP contribution is 2.58. The van der Waals surface area contributed by atoms with Gasteiger partial charge in [-0.1, -0.05) is 18.6 Å². The summed E-state index contributed by atoms with van der Waals surface area (Å²) in [6, 6.07) is 8.46. The number of amides is 1. The molecule has 0 radical (unpaired) electrons. The van der Waals surface area contributed by atoms with Gasteiger partial charge >= 0.3 is 0 Å². The first-order valence-electron chi connectivity index (χ1n) is 10.7. The van der Waals surface area contributed by atoms with E-state index in [2.05, 4.69) is 24.0 Å². The van der Waals surface area contributed by atoms with Crippen LogP contribution < -0.4 is 10.5 Å². The molecule has 1 saturated heterocycles. The van der Waals surface area contributed by atoms with Gasteiger partial charge in [-0.05, 0) is 80.9 Å². The monoisotopic (exact) mass is 370 g/mol. The predicted octanol–water partition coefficient (Wildman–Crippen LogP) is 3.63. The van der Waals surface area contributed by atoms with Crippen LogP contribution in [0.1, 0.15) is 51.0 Å². The molecule has 1 aromatic carbocycles. The fourth-order valence-electron chi connectivity index (χ4n) is 6.08. The minimum atomic E-state index is -0.213. The number of rotatable bonds is 5. The van der Waals surface area contributed by atoms with Gasteiger partial charge in [0.2, 0.25) is 5.91 Å². The lowest BCUT2D eigenvalue weighted by atomic mass is 9.68. The molecule has 5 unspecified atom stereocenters. The Morgan fingerprint density at radius 1 is 1.37 bits per heavy atom. The average Bonchev–Trinajstić information content (AvgIpc) is 3.29. The fraction of sp³-hybridized carbons (Fsp3) is 0.696. The summed E-state index contributed by atoms with van der Waals surface area (Å²) in [5.41, 5.74) is 7.20. The third-order valence-electron chi connectivity index (χ3n) is 7.54. The summed E-state index contributed by atoms with van der Waals surface area (Å²) in [7, 11) is 1.71. The van der Waals surface area contributed by atoms with Gasteiger partial charge in [0.05, 0.1) is 12.5 Å². The van der Waals surface area contributed by atoms with Gasteiger partial charge in [0, 0.05) is 19.1 Å². The predicted molar refractivity (Wildman–Crippen MR) is 108 cm³/mol. The van der Waals surface area contributed by atoms with Crippen molar-refractivity contribution >= 4 is 5.91 Å². The summed E-state index contributed by atoms with van der Waals surface area (Å²) < 4.78 is 5.42. The maximum absolute atomic E-state index is 13.9. The van der Waals surface area contributed by atoms with Gasteiger partial charge in [-0.3, -0.25) is 4.79 Å². The van der Waals surface area contributed by atoms with E-state index in [4.69, 9.17) is 10.5 Å². The summed E-state index contributed by atoms with van der Waals surface area (Å²) in [6.07, 6.45) is 7.90. The highest BCUT2D eigenvalue weighted by atomic mass is 16.5. The molecule has 2 bridgehead atoms. The van der Waals surface area contributed by atoms with Crippen LogP contribution in [-0.2, 0) is 11.2 Å². The molecule has 2 N–H and O–H groups in total. The SMILES string of the molecule is COc1cccc(CC2(C(=O)N3CCCC(C(C)N)C3)CC3CCC2C3)c1. The first-order valence-corrected chi connectivity index (χ1v) is 10.7. The van der Waals surface area contributed by atoms with Crippen molar-refractivity contribution < 1.29 is 9.53 Å². The number of methoxy groups -OCH3 is 1. The minimum Gasteiger partial charge on any atom is -0.497 e. The average molecular weight is 371 g/mol. The van der Waals surface area contributed by atoms with Gasteiger partial charge in [0.15, 0.2) is 0 Å². The molecule has 0 spiro atoms. The standard InChI is InChI=1S/C23H34N2O2/c1-16(24)19-6-4-10-25(15-19)22(26)23(14-18-8-9-20(23)11-18)13-17-5-3-7-21(12-17)27-2/h3,5,7,12,16,18-20H,4,6,8-11,13-15,24H2,1-2H3. The van der Waals surface area contributed by atoms with Crippen LogP contribution in [0.15, 0.2) is 24.3 Å². The van der Waals surface area contributed by atoms with Crippen molar-refractivity contribution in [2.45, 2.75) is 57.9 Å². The molecule has 4 rings (SSSR count). The molecule has 4 heteroatoms. The van der Waals surface area contributed by atoms with Crippen molar-refractivity contribution in [3.8, 4) is 5.75 Å². The van der Waals surface area contributed by atoms with E-state index in [9.17, 15) is 4.79 Å². The van der Waals surface area contributed by atoms with E-state index in [0.29, 0.717) is 17.7 Å². The quantitative estimate of drug-likeness (QED) is 0.861.